The molecule has 0 fully saturated rings. The Morgan fingerprint density at radius 2 is 1.22 bits per heavy atom. The third kappa shape index (κ3) is 3.09. The molecule has 5 rings (SSSR count). The van der Waals surface area contributed by atoms with Crippen LogP contribution in [0.2, 0.25) is 0 Å². The van der Waals surface area contributed by atoms with Crippen molar-refractivity contribution in [3.8, 4) is 0 Å². The Bertz CT molecular complexity index is 1250. The Balaban J connectivity index is 1.86. The van der Waals surface area contributed by atoms with Crippen LogP contribution in [0.1, 0.15) is 41.3 Å². The SMILES string of the molecule is CC(N)c1cc2cc3nc(cc4ccc(cc5nc(cc1[nH]2)C=C5)[nH]4)C=C3. The van der Waals surface area contributed by atoms with E-state index in [1.165, 1.54) is 0 Å². The van der Waals surface area contributed by atoms with Crippen molar-refractivity contribution in [1.29, 1.82) is 0 Å². The first-order chi connectivity index (χ1) is 13.1. The molecule has 0 amide bonds. The molecule has 1 unspecified atom stereocenters. The summed E-state index contributed by atoms with van der Waals surface area (Å²) < 4.78 is 0. The maximum atomic E-state index is 6.18. The summed E-state index contributed by atoms with van der Waals surface area (Å²) in [7, 11) is 0. The van der Waals surface area contributed by atoms with Crippen LogP contribution in [0.15, 0.2) is 42.5 Å². The monoisotopic (exact) mass is 353 g/mol. The van der Waals surface area contributed by atoms with Gasteiger partial charge in [-0.15, -0.1) is 0 Å². The molecule has 1 atom stereocenters. The van der Waals surface area contributed by atoms with E-state index in [9.17, 15) is 0 Å². The van der Waals surface area contributed by atoms with Crippen molar-refractivity contribution in [2.45, 2.75) is 13.0 Å². The molecule has 8 bridgehead atoms. The van der Waals surface area contributed by atoms with E-state index in [0.717, 1.165) is 50.4 Å². The topological polar surface area (TPSA) is 83.4 Å². The lowest BCUT2D eigenvalue weighted by atomic mass is 10.1. The zero-order valence-electron chi connectivity index (χ0n) is 14.9. The van der Waals surface area contributed by atoms with E-state index in [2.05, 4.69) is 21.0 Å². The summed E-state index contributed by atoms with van der Waals surface area (Å²) in [5.74, 6) is 0. The summed E-state index contributed by atoms with van der Waals surface area (Å²) in [6.07, 6.45) is 8.06. The molecule has 5 heteroatoms. The maximum absolute atomic E-state index is 6.18. The highest BCUT2D eigenvalue weighted by Crippen LogP contribution is 2.22. The van der Waals surface area contributed by atoms with Gasteiger partial charge < -0.3 is 15.7 Å². The fourth-order valence-electron chi connectivity index (χ4n) is 3.42. The summed E-state index contributed by atoms with van der Waals surface area (Å²) in [5, 5.41) is 0. The molecule has 0 saturated carbocycles. The fourth-order valence-corrected chi connectivity index (χ4v) is 3.42. The van der Waals surface area contributed by atoms with Crippen LogP contribution in [0.25, 0.3) is 46.4 Å². The van der Waals surface area contributed by atoms with Gasteiger partial charge in [0.1, 0.15) is 0 Å². The van der Waals surface area contributed by atoms with Crippen molar-refractivity contribution < 1.29 is 0 Å². The largest absolute Gasteiger partial charge is 0.355 e. The summed E-state index contributed by atoms with van der Waals surface area (Å²) in [4.78, 5) is 16.2. The molecule has 27 heavy (non-hydrogen) atoms. The number of hydrogen-bond acceptors (Lipinski definition) is 3. The Labute approximate surface area is 156 Å². The normalized spacial score (nSPS) is 13.9. The Morgan fingerprint density at radius 1 is 0.704 bits per heavy atom. The van der Waals surface area contributed by atoms with Gasteiger partial charge in [-0.1, -0.05) is 0 Å². The molecule has 5 nitrogen and oxygen atoms in total. The number of nitrogens with zero attached hydrogens (tertiary/aromatic N) is 2. The van der Waals surface area contributed by atoms with Crippen LogP contribution < -0.4 is 5.73 Å². The first-order valence-electron chi connectivity index (χ1n) is 8.96. The predicted molar refractivity (Wildman–Crippen MR) is 111 cm³/mol. The first-order valence-corrected chi connectivity index (χ1v) is 8.96. The van der Waals surface area contributed by atoms with E-state index in [0.29, 0.717) is 0 Å². The molecule has 2 aliphatic heterocycles. The molecule has 0 saturated heterocycles. The molecular weight excluding hydrogens is 334 g/mol. The second-order valence-corrected chi connectivity index (χ2v) is 6.92. The van der Waals surface area contributed by atoms with E-state index in [4.69, 9.17) is 10.7 Å². The van der Waals surface area contributed by atoms with Gasteiger partial charge in [0, 0.05) is 28.1 Å². The number of aromatic amines is 2. The Hall–Kier alpha value is -3.44. The van der Waals surface area contributed by atoms with Crippen LogP contribution in [0.3, 0.4) is 0 Å². The number of rotatable bonds is 1. The van der Waals surface area contributed by atoms with Crippen molar-refractivity contribution in [2.24, 2.45) is 5.73 Å². The van der Waals surface area contributed by atoms with E-state index in [1.54, 1.807) is 0 Å². The minimum Gasteiger partial charge on any atom is -0.355 e. The molecular formula is C22H19N5. The average Bonchev–Trinajstić information content (AvgIpc) is 3.38. The highest BCUT2D eigenvalue weighted by molar-refractivity contribution is 5.78. The van der Waals surface area contributed by atoms with E-state index in [1.807, 2.05) is 67.6 Å². The number of fused-ring (bicyclic) bond motifs is 8. The zero-order chi connectivity index (χ0) is 18.4. The average molecular weight is 353 g/mol. The van der Waals surface area contributed by atoms with Crippen molar-refractivity contribution in [3.63, 3.8) is 0 Å². The molecule has 3 aromatic heterocycles. The zero-order valence-corrected chi connectivity index (χ0v) is 14.9. The van der Waals surface area contributed by atoms with E-state index in [-0.39, 0.29) is 6.04 Å². The third-order valence-corrected chi connectivity index (χ3v) is 4.69. The van der Waals surface area contributed by atoms with Gasteiger partial charge in [-0.3, -0.25) is 0 Å². The van der Waals surface area contributed by atoms with Crippen LogP contribution in [-0.2, 0) is 0 Å². The molecule has 0 aliphatic carbocycles. The number of nitrogens with one attached hydrogen (secondary N) is 2. The number of aromatic nitrogens is 4. The van der Waals surface area contributed by atoms with Gasteiger partial charge in [-0.25, -0.2) is 9.97 Å². The van der Waals surface area contributed by atoms with Crippen LogP contribution >= 0.6 is 0 Å². The fraction of sp³-hybridized carbons (Fsp3) is 0.0909. The maximum Gasteiger partial charge on any atom is 0.0658 e. The predicted octanol–water partition coefficient (Wildman–Crippen LogP) is 4.68. The van der Waals surface area contributed by atoms with Gasteiger partial charge in [0.25, 0.3) is 0 Å². The number of H-pyrrole nitrogens is 2. The summed E-state index contributed by atoms with van der Waals surface area (Å²) in [5.41, 5.74) is 14.9. The molecule has 0 spiro atoms. The van der Waals surface area contributed by atoms with Gasteiger partial charge in [0.05, 0.1) is 22.8 Å². The van der Waals surface area contributed by atoms with Gasteiger partial charge >= 0.3 is 0 Å². The van der Waals surface area contributed by atoms with Gasteiger partial charge in [-0.2, -0.15) is 0 Å². The van der Waals surface area contributed by atoms with Crippen molar-refractivity contribution in [2.75, 3.05) is 0 Å². The minimum absolute atomic E-state index is 0.0775. The molecule has 2 aliphatic rings. The van der Waals surface area contributed by atoms with Gasteiger partial charge in [0.2, 0.25) is 0 Å². The summed E-state index contributed by atoms with van der Waals surface area (Å²) in [6.45, 7) is 1.99. The second kappa shape index (κ2) is 6.07. The summed E-state index contributed by atoms with van der Waals surface area (Å²) in [6, 6.07) is 14.2. The molecule has 4 N–H and O–H groups in total. The Kier molecular flexibility index (Phi) is 3.55. The highest BCUT2D eigenvalue weighted by Gasteiger charge is 2.07. The van der Waals surface area contributed by atoms with Crippen LogP contribution in [-0.4, -0.2) is 19.9 Å². The molecule has 0 radical (unpaired) electrons. The molecule has 5 heterocycles. The second-order valence-electron chi connectivity index (χ2n) is 6.92. The summed E-state index contributed by atoms with van der Waals surface area (Å²) >= 11 is 0. The van der Waals surface area contributed by atoms with Gasteiger partial charge in [0.15, 0.2) is 0 Å². The Morgan fingerprint density at radius 3 is 1.78 bits per heavy atom. The van der Waals surface area contributed by atoms with Crippen LogP contribution in [0.5, 0.6) is 0 Å². The quantitative estimate of drug-likeness (QED) is 0.409. The standard InChI is InChI=1S/C22H19N5/c1-13(23)21-11-20-10-18-5-4-16(25-18)8-14-2-3-15(24-14)9-17-6-7-19(26-17)12-22(21)27-20/h2-13,24,27H,23H2,1H3. The van der Waals surface area contributed by atoms with Crippen molar-refractivity contribution in [1.82, 2.24) is 19.9 Å². The van der Waals surface area contributed by atoms with Crippen molar-refractivity contribution in [3.05, 3.63) is 70.8 Å². The van der Waals surface area contributed by atoms with E-state index >= 15 is 0 Å². The van der Waals surface area contributed by atoms with Crippen LogP contribution in [0, 0.1) is 0 Å². The number of nitrogens with two attached hydrogens (primary N) is 1. The molecule has 132 valence electrons. The number of hydrogen-bond donors (Lipinski definition) is 3. The lowest BCUT2D eigenvalue weighted by molar-refractivity contribution is 0.828. The smallest absolute Gasteiger partial charge is 0.0658 e. The molecule has 3 aromatic rings. The van der Waals surface area contributed by atoms with Gasteiger partial charge in [-0.05, 0) is 79.3 Å². The third-order valence-electron chi connectivity index (χ3n) is 4.69. The van der Waals surface area contributed by atoms with Crippen molar-refractivity contribution >= 4 is 46.4 Å². The molecule has 0 aromatic carbocycles. The lowest BCUT2D eigenvalue weighted by Crippen LogP contribution is -2.03. The first kappa shape index (κ1) is 15.8. The minimum atomic E-state index is -0.0775. The van der Waals surface area contributed by atoms with Crippen LogP contribution in [0.4, 0.5) is 0 Å². The lowest BCUT2D eigenvalue weighted by Gasteiger charge is -2.00. The highest BCUT2D eigenvalue weighted by atomic mass is 14.8. The van der Waals surface area contributed by atoms with E-state index < -0.39 is 0 Å².